The summed E-state index contributed by atoms with van der Waals surface area (Å²) in [5.41, 5.74) is 0.0367. The molecule has 0 aliphatic carbocycles. The van der Waals surface area contributed by atoms with Crippen molar-refractivity contribution in [3.63, 3.8) is 0 Å². The summed E-state index contributed by atoms with van der Waals surface area (Å²) in [5.74, 6) is -0.849. The van der Waals surface area contributed by atoms with Crippen LogP contribution in [0.2, 0.25) is 0 Å². The van der Waals surface area contributed by atoms with E-state index in [-0.39, 0.29) is 29.3 Å². The van der Waals surface area contributed by atoms with Gasteiger partial charge in [-0.05, 0) is 13.3 Å². The highest BCUT2D eigenvalue weighted by Gasteiger charge is 2.19. The zero-order chi connectivity index (χ0) is 13.3. The van der Waals surface area contributed by atoms with Crippen molar-refractivity contribution in [2.45, 2.75) is 20.3 Å². The number of aromatic hydroxyl groups is 1. The van der Waals surface area contributed by atoms with E-state index in [1.807, 2.05) is 0 Å². The third kappa shape index (κ3) is 1.73. The molecule has 7 heteroatoms. The number of esters is 1. The van der Waals surface area contributed by atoms with Crippen molar-refractivity contribution in [2.24, 2.45) is 0 Å². The molecule has 18 heavy (non-hydrogen) atoms. The number of carbonyl (C=O) groups excluding carboxylic acids is 1. The van der Waals surface area contributed by atoms with E-state index in [1.165, 1.54) is 6.20 Å². The van der Waals surface area contributed by atoms with Crippen LogP contribution in [-0.4, -0.2) is 32.3 Å². The summed E-state index contributed by atoms with van der Waals surface area (Å²) in [7, 11) is 0. The largest absolute Gasteiger partial charge is 0.493 e. The van der Waals surface area contributed by atoms with Gasteiger partial charge in [0, 0.05) is 0 Å². The first-order valence-corrected chi connectivity index (χ1v) is 5.59. The van der Waals surface area contributed by atoms with Crippen LogP contribution in [0.4, 0.5) is 0 Å². The van der Waals surface area contributed by atoms with Crippen molar-refractivity contribution in [3.8, 4) is 5.88 Å². The molecule has 0 aliphatic rings. The Morgan fingerprint density at radius 2 is 2.28 bits per heavy atom. The fourth-order valence-electron chi connectivity index (χ4n) is 1.72. The van der Waals surface area contributed by atoms with Crippen molar-refractivity contribution < 1.29 is 14.6 Å². The molecule has 0 saturated carbocycles. The Bertz CT molecular complexity index is 656. The third-order valence-electron chi connectivity index (χ3n) is 2.59. The molecule has 0 aliphatic heterocycles. The first-order valence-electron chi connectivity index (χ1n) is 5.59. The second-order valence-corrected chi connectivity index (χ2v) is 3.65. The Labute approximate surface area is 102 Å². The lowest BCUT2D eigenvalue weighted by Crippen LogP contribution is -2.16. The second kappa shape index (κ2) is 4.52. The smallest absolute Gasteiger partial charge is 0.343 e. The molecule has 0 aromatic carbocycles. The van der Waals surface area contributed by atoms with Gasteiger partial charge in [-0.25, -0.2) is 4.79 Å². The number of hydrogen-bond donors (Lipinski definition) is 2. The highest BCUT2D eigenvalue weighted by molar-refractivity contribution is 5.95. The normalized spacial score (nSPS) is 10.8. The summed E-state index contributed by atoms with van der Waals surface area (Å²) >= 11 is 0. The van der Waals surface area contributed by atoms with E-state index in [2.05, 4.69) is 10.1 Å². The number of ether oxygens (including phenoxy) is 1. The minimum atomic E-state index is -0.591. The summed E-state index contributed by atoms with van der Waals surface area (Å²) < 4.78 is 5.95. The van der Waals surface area contributed by atoms with Crippen LogP contribution < -0.4 is 5.56 Å². The van der Waals surface area contributed by atoms with E-state index in [9.17, 15) is 14.7 Å². The standard InChI is InChI=1S/C11H13N3O4/c1-3-6-9(15)13-8-7(11(17)18-4-2)5-12-14(8)10(6)16/h5,16H,3-4H2,1-2H3,(H,13,15). The van der Waals surface area contributed by atoms with Crippen LogP contribution in [0, 0.1) is 0 Å². The molecule has 2 heterocycles. The molecule has 0 spiro atoms. The summed E-state index contributed by atoms with van der Waals surface area (Å²) in [6.45, 7) is 3.64. The van der Waals surface area contributed by atoms with E-state index in [0.29, 0.717) is 6.42 Å². The number of aromatic amines is 1. The SMILES string of the molecule is CCOC(=O)c1cnn2c(O)c(CC)c(=O)[nH]c12. The number of hydrogen-bond acceptors (Lipinski definition) is 5. The Morgan fingerprint density at radius 1 is 1.56 bits per heavy atom. The van der Waals surface area contributed by atoms with E-state index in [1.54, 1.807) is 13.8 Å². The van der Waals surface area contributed by atoms with Gasteiger partial charge in [-0.1, -0.05) is 6.92 Å². The lowest BCUT2D eigenvalue weighted by atomic mass is 10.2. The fraction of sp³-hybridized carbons (Fsp3) is 0.364. The average Bonchev–Trinajstić information content (AvgIpc) is 2.73. The van der Waals surface area contributed by atoms with Gasteiger partial charge in [0.1, 0.15) is 5.56 Å². The Balaban J connectivity index is 2.68. The number of rotatable bonds is 3. The number of H-pyrrole nitrogens is 1. The Hall–Kier alpha value is -2.31. The summed E-state index contributed by atoms with van der Waals surface area (Å²) in [6.07, 6.45) is 1.62. The maximum atomic E-state index is 11.7. The summed E-state index contributed by atoms with van der Waals surface area (Å²) in [5, 5.41) is 13.8. The van der Waals surface area contributed by atoms with Crippen LogP contribution in [0.5, 0.6) is 5.88 Å². The third-order valence-corrected chi connectivity index (χ3v) is 2.59. The quantitative estimate of drug-likeness (QED) is 0.773. The van der Waals surface area contributed by atoms with Gasteiger partial charge >= 0.3 is 5.97 Å². The first-order chi connectivity index (χ1) is 8.60. The molecule has 0 fully saturated rings. The Morgan fingerprint density at radius 3 is 2.89 bits per heavy atom. The second-order valence-electron chi connectivity index (χ2n) is 3.65. The molecule has 2 N–H and O–H groups in total. The van der Waals surface area contributed by atoms with Crippen LogP contribution in [0.1, 0.15) is 29.8 Å². The molecule has 0 atom stereocenters. The average molecular weight is 251 g/mol. The Kier molecular flexibility index (Phi) is 3.05. The zero-order valence-electron chi connectivity index (χ0n) is 10.1. The predicted molar refractivity (Wildman–Crippen MR) is 62.8 cm³/mol. The van der Waals surface area contributed by atoms with Crippen molar-refractivity contribution in [1.29, 1.82) is 0 Å². The molecule has 0 amide bonds. The van der Waals surface area contributed by atoms with Crippen LogP contribution in [-0.2, 0) is 11.2 Å². The highest BCUT2D eigenvalue weighted by Crippen LogP contribution is 2.17. The molecule has 2 aromatic rings. The van der Waals surface area contributed by atoms with Crippen LogP contribution in [0.25, 0.3) is 5.65 Å². The van der Waals surface area contributed by atoms with Crippen molar-refractivity contribution >= 4 is 11.6 Å². The van der Waals surface area contributed by atoms with E-state index in [0.717, 1.165) is 4.52 Å². The lowest BCUT2D eigenvalue weighted by Gasteiger charge is -2.04. The van der Waals surface area contributed by atoms with E-state index >= 15 is 0 Å². The number of nitrogens with zero attached hydrogens (tertiary/aromatic N) is 2. The molecular formula is C11H13N3O4. The summed E-state index contributed by atoms with van der Waals surface area (Å²) in [6, 6.07) is 0. The minimum absolute atomic E-state index is 0.118. The van der Waals surface area contributed by atoms with Crippen LogP contribution >= 0.6 is 0 Å². The molecule has 2 rings (SSSR count). The first kappa shape index (κ1) is 12.2. The highest BCUT2D eigenvalue weighted by atomic mass is 16.5. The van der Waals surface area contributed by atoms with Gasteiger partial charge in [0.2, 0.25) is 5.88 Å². The monoisotopic (exact) mass is 251 g/mol. The van der Waals surface area contributed by atoms with Gasteiger partial charge in [0.15, 0.2) is 5.65 Å². The van der Waals surface area contributed by atoms with Crippen molar-refractivity contribution in [1.82, 2.24) is 14.6 Å². The minimum Gasteiger partial charge on any atom is -0.493 e. The molecule has 0 unspecified atom stereocenters. The van der Waals surface area contributed by atoms with Crippen LogP contribution in [0.3, 0.4) is 0 Å². The molecule has 0 saturated heterocycles. The van der Waals surface area contributed by atoms with Crippen molar-refractivity contribution in [2.75, 3.05) is 6.61 Å². The van der Waals surface area contributed by atoms with Gasteiger partial charge in [0.25, 0.3) is 5.56 Å². The van der Waals surface area contributed by atoms with Gasteiger partial charge < -0.3 is 14.8 Å². The number of carbonyl (C=O) groups is 1. The summed E-state index contributed by atoms with van der Waals surface area (Å²) in [4.78, 5) is 25.8. The van der Waals surface area contributed by atoms with Gasteiger partial charge in [-0.15, -0.1) is 0 Å². The van der Waals surface area contributed by atoms with Crippen molar-refractivity contribution in [3.05, 3.63) is 27.7 Å². The molecule has 7 nitrogen and oxygen atoms in total. The molecular weight excluding hydrogens is 238 g/mol. The number of nitrogens with one attached hydrogen (secondary N) is 1. The topological polar surface area (TPSA) is 96.7 Å². The molecule has 2 aromatic heterocycles. The maximum Gasteiger partial charge on any atom is 0.343 e. The number of aromatic nitrogens is 3. The van der Waals surface area contributed by atoms with Gasteiger partial charge in [-0.3, -0.25) is 4.79 Å². The zero-order valence-corrected chi connectivity index (χ0v) is 10.1. The predicted octanol–water partition coefficient (Wildman–Crippen LogP) is 0.467. The fourth-order valence-corrected chi connectivity index (χ4v) is 1.72. The maximum absolute atomic E-state index is 11.7. The van der Waals surface area contributed by atoms with E-state index in [4.69, 9.17) is 4.74 Å². The van der Waals surface area contributed by atoms with Gasteiger partial charge in [0.05, 0.1) is 18.4 Å². The molecule has 0 bridgehead atoms. The van der Waals surface area contributed by atoms with Gasteiger partial charge in [-0.2, -0.15) is 9.61 Å². The van der Waals surface area contributed by atoms with E-state index < -0.39 is 11.5 Å². The number of fused-ring (bicyclic) bond motifs is 1. The molecule has 0 radical (unpaired) electrons. The lowest BCUT2D eigenvalue weighted by molar-refractivity contribution is 0.0528. The van der Waals surface area contributed by atoms with Crippen LogP contribution in [0.15, 0.2) is 11.0 Å². The molecule has 96 valence electrons.